The Bertz CT molecular complexity index is 1240. The van der Waals surface area contributed by atoms with Crippen molar-refractivity contribution in [3.63, 3.8) is 0 Å². The highest BCUT2D eigenvalue weighted by Crippen LogP contribution is 2.29. The fourth-order valence-corrected chi connectivity index (χ4v) is 5.17. The van der Waals surface area contributed by atoms with Gasteiger partial charge in [-0.1, -0.05) is 48.0 Å². The summed E-state index contributed by atoms with van der Waals surface area (Å²) in [7, 11) is -3.51. The number of hydrogen-bond donors (Lipinski definition) is 1. The van der Waals surface area contributed by atoms with Crippen LogP contribution in [0, 0.1) is 0 Å². The molecule has 8 heteroatoms. The summed E-state index contributed by atoms with van der Waals surface area (Å²) in [5, 5.41) is 3.66. The van der Waals surface area contributed by atoms with E-state index in [1.165, 1.54) is 21.7 Å². The predicted octanol–water partition coefficient (Wildman–Crippen LogP) is 4.88. The zero-order valence-corrected chi connectivity index (χ0v) is 20.5. The van der Waals surface area contributed by atoms with Crippen LogP contribution in [0.1, 0.15) is 35.6 Å². The number of amides is 1. The third-order valence-electron chi connectivity index (χ3n) is 5.84. The lowest BCUT2D eigenvalue weighted by molar-refractivity contribution is -0.123. The van der Waals surface area contributed by atoms with Crippen molar-refractivity contribution in [2.75, 3.05) is 17.2 Å². The van der Waals surface area contributed by atoms with Gasteiger partial charge in [0.25, 0.3) is 5.91 Å². The second kappa shape index (κ2) is 10.5. The largest absolute Gasteiger partial charge is 0.484 e. The Kier molecular flexibility index (Phi) is 7.44. The van der Waals surface area contributed by atoms with Crippen LogP contribution in [0.15, 0.2) is 72.8 Å². The van der Waals surface area contributed by atoms with Gasteiger partial charge in [-0.05, 0) is 72.4 Å². The number of halogens is 1. The summed E-state index contributed by atoms with van der Waals surface area (Å²) < 4.78 is 31.8. The number of sulfonamides is 1. The van der Waals surface area contributed by atoms with Crippen LogP contribution in [0.2, 0.25) is 5.02 Å². The summed E-state index contributed by atoms with van der Waals surface area (Å²) in [6, 6.07) is 21.9. The first-order valence-corrected chi connectivity index (χ1v) is 13.3. The Morgan fingerprint density at radius 3 is 2.47 bits per heavy atom. The number of hydrogen-bond acceptors (Lipinski definition) is 4. The molecular formula is C26H27ClN2O4S. The number of nitrogens with one attached hydrogen (secondary N) is 1. The molecule has 0 fully saturated rings. The Morgan fingerprint density at radius 2 is 1.76 bits per heavy atom. The first-order chi connectivity index (χ1) is 16.3. The standard InChI is InChI=1S/C26H27ClN2O4S/c1-34(31,32)29(17-19-9-11-21(27)12-10-19)22-13-15-23(16-14-22)33-18-26(30)28-25-8-4-6-20-5-2-3-7-24(20)25/h2-3,5,7,9-16,25H,4,6,8,17-18H2,1H3,(H,28,30)/t25-/m1/s1. The van der Waals surface area contributed by atoms with Crippen molar-refractivity contribution in [2.24, 2.45) is 0 Å². The average molecular weight is 499 g/mol. The highest BCUT2D eigenvalue weighted by molar-refractivity contribution is 7.92. The van der Waals surface area contributed by atoms with E-state index in [0.717, 1.165) is 24.8 Å². The molecule has 34 heavy (non-hydrogen) atoms. The zero-order valence-electron chi connectivity index (χ0n) is 18.9. The monoisotopic (exact) mass is 498 g/mol. The molecule has 3 aromatic carbocycles. The third kappa shape index (κ3) is 6.10. The predicted molar refractivity (Wildman–Crippen MR) is 135 cm³/mol. The van der Waals surface area contributed by atoms with Crippen molar-refractivity contribution < 1.29 is 17.9 Å². The smallest absolute Gasteiger partial charge is 0.258 e. The molecule has 0 aliphatic heterocycles. The second-order valence-electron chi connectivity index (χ2n) is 8.39. The van der Waals surface area contributed by atoms with Gasteiger partial charge in [0.2, 0.25) is 10.0 Å². The van der Waals surface area contributed by atoms with Crippen molar-refractivity contribution in [1.82, 2.24) is 5.32 Å². The van der Waals surface area contributed by atoms with Crippen molar-refractivity contribution in [3.05, 3.63) is 94.5 Å². The molecule has 0 aromatic heterocycles. The molecule has 0 heterocycles. The lowest BCUT2D eigenvalue weighted by Gasteiger charge is -2.26. The number of benzene rings is 3. The van der Waals surface area contributed by atoms with Crippen LogP contribution >= 0.6 is 11.6 Å². The van der Waals surface area contributed by atoms with E-state index in [-0.39, 0.29) is 25.1 Å². The van der Waals surface area contributed by atoms with Crippen LogP contribution in [0.4, 0.5) is 5.69 Å². The SMILES string of the molecule is CS(=O)(=O)N(Cc1ccc(Cl)cc1)c1ccc(OCC(=O)N[C@@H]2CCCc3ccccc32)cc1. The maximum absolute atomic E-state index is 12.5. The number of aryl methyl sites for hydroxylation is 1. The molecular weight excluding hydrogens is 472 g/mol. The second-order valence-corrected chi connectivity index (χ2v) is 10.7. The van der Waals surface area contributed by atoms with E-state index in [1.807, 2.05) is 12.1 Å². The average Bonchev–Trinajstić information content (AvgIpc) is 2.82. The molecule has 1 amide bonds. The van der Waals surface area contributed by atoms with Gasteiger partial charge in [-0.2, -0.15) is 0 Å². The molecule has 6 nitrogen and oxygen atoms in total. The number of carbonyl (C=O) groups excluding carboxylic acids is 1. The highest BCUT2D eigenvalue weighted by atomic mass is 35.5. The molecule has 0 bridgehead atoms. The van der Waals surface area contributed by atoms with Crippen LogP contribution in [-0.2, 0) is 27.8 Å². The summed E-state index contributed by atoms with van der Waals surface area (Å²) in [5.74, 6) is 0.300. The van der Waals surface area contributed by atoms with Crippen molar-refractivity contribution in [3.8, 4) is 5.75 Å². The van der Waals surface area contributed by atoms with E-state index < -0.39 is 10.0 Å². The molecule has 0 radical (unpaired) electrons. The summed E-state index contributed by atoms with van der Waals surface area (Å²) in [4.78, 5) is 12.5. The van der Waals surface area contributed by atoms with Gasteiger partial charge in [0.1, 0.15) is 5.75 Å². The van der Waals surface area contributed by atoms with Crippen molar-refractivity contribution in [2.45, 2.75) is 31.8 Å². The van der Waals surface area contributed by atoms with E-state index >= 15 is 0 Å². The van der Waals surface area contributed by atoms with Gasteiger partial charge in [0.15, 0.2) is 6.61 Å². The normalized spacial score (nSPS) is 15.3. The zero-order chi connectivity index (χ0) is 24.1. The molecule has 1 aliphatic carbocycles. The van der Waals surface area contributed by atoms with E-state index in [2.05, 4.69) is 17.4 Å². The molecule has 4 rings (SSSR count). The van der Waals surface area contributed by atoms with Gasteiger partial charge in [-0.3, -0.25) is 9.10 Å². The minimum absolute atomic E-state index is 0.000359. The number of carbonyl (C=O) groups is 1. The van der Waals surface area contributed by atoms with Crippen LogP contribution in [0.3, 0.4) is 0 Å². The third-order valence-corrected chi connectivity index (χ3v) is 7.23. The summed E-state index contributed by atoms with van der Waals surface area (Å²) in [5.41, 5.74) is 3.78. The van der Waals surface area contributed by atoms with Gasteiger partial charge in [0.05, 0.1) is 24.5 Å². The van der Waals surface area contributed by atoms with Crippen LogP contribution < -0.4 is 14.4 Å². The number of ether oxygens (including phenoxy) is 1. The molecule has 1 atom stereocenters. The maximum atomic E-state index is 12.5. The Hall–Kier alpha value is -3.03. The molecule has 0 saturated heterocycles. The van der Waals surface area contributed by atoms with Gasteiger partial charge >= 0.3 is 0 Å². The van der Waals surface area contributed by atoms with Gasteiger partial charge in [0, 0.05) is 5.02 Å². The fourth-order valence-electron chi connectivity index (χ4n) is 4.15. The minimum atomic E-state index is -3.51. The first kappa shape index (κ1) is 24.1. The van der Waals surface area contributed by atoms with E-state index in [0.29, 0.717) is 16.5 Å². The Balaban J connectivity index is 1.37. The number of nitrogens with zero attached hydrogens (tertiary/aromatic N) is 1. The van der Waals surface area contributed by atoms with E-state index in [1.54, 1.807) is 48.5 Å². The molecule has 178 valence electrons. The lowest BCUT2D eigenvalue weighted by Crippen LogP contribution is -2.34. The number of fused-ring (bicyclic) bond motifs is 1. The Labute approximate surface area is 205 Å². The van der Waals surface area contributed by atoms with Gasteiger partial charge < -0.3 is 10.1 Å². The summed E-state index contributed by atoms with van der Waals surface area (Å²) in [6.45, 7) is 0.0695. The fraction of sp³-hybridized carbons (Fsp3) is 0.269. The lowest BCUT2D eigenvalue weighted by atomic mass is 9.88. The maximum Gasteiger partial charge on any atom is 0.258 e. The molecule has 1 N–H and O–H groups in total. The molecule has 0 saturated carbocycles. The summed E-state index contributed by atoms with van der Waals surface area (Å²) >= 11 is 5.93. The molecule has 3 aromatic rings. The summed E-state index contributed by atoms with van der Waals surface area (Å²) in [6.07, 6.45) is 4.15. The topological polar surface area (TPSA) is 75.7 Å². The van der Waals surface area contributed by atoms with Crippen LogP contribution in [-0.4, -0.2) is 27.2 Å². The van der Waals surface area contributed by atoms with Crippen LogP contribution in [0.5, 0.6) is 5.75 Å². The van der Waals surface area contributed by atoms with Crippen molar-refractivity contribution in [1.29, 1.82) is 0 Å². The van der Waals surface area contributed by atoms with Gasteiger partial charge in [-0.15, -0.1) is 0 Å². The van der Waals surface area contributed by atoms with Crippen LogP contribution in [0.25, 0.3) is 0 Å². The Morgan fingerprint density at radius 1 is 1.06 bits per heavy atom. The van der Waals surface area contributed by atoms with E-state index in [4.69, 9.17) is 16.3 Å². The number of rotatable bonds is 8. The quantitative estimate of drug-likeness (QED) is 0.480. The highest BCUT2D eigenvalue weighted by Gasteiger charge is 2.22. The molecule has 1 aliphatic rings. The molecule has 0 spiro atoms. The van der Waals surface area contributed by atoms with E-state index in [9.17, 15) is 13.2 Å². The first-order valence-electron chi connectivity index (χ1n) is 11.1. The minimum Gasteiger partial charge on any atom is -0.484 e. The van der Waals surface area contributed by atoms with Gasteiger partial charge in [-0.25, -0.2) is 8.42 Å². The van der Waals surface area contributed by atoms with Crippen molar-refractivity contribution >= 4 is 33.2 Å². The number of anilines is 1. The molecule has 0 unspecified atom stereocenters.